The van der Waals surface area contributed by atoms with Gasteiger partial charge in [0.1, 0.15) is 0 Å². The van der Waals surface area contributed by atoms with E-state index in [2.05, 4.69) is 38.4 Å². The SMILES string of the molecule is C=Cc1c2cccc(=C)c2c(C=C)c2cccc(=C)c12. The molecule has 0 bridgehead atoms. The molecule has 0 unspecified atom stereocenters. The Morgan fingerprint density at radius 3 is 1.40 bits per heavy atom. The highest BCUT2D eigenvalue weighted by atomic mass is 14.1. The molecule has 0 heteroatoms. The van der Waals surface area contributed by atoms with Crippen LogP contribution in [0.2, 0.25) is 0 Å². The van der Waals surface area contributed by atoms with Gasteiger partial charge in [-0.15, -0.1) is 0 Å². The minimum atomic E-state index is 1.01. The van der Waals surface area contributed by atoms with E-state index in [9.17, 15) is 0 Å². The monoisotopic (exact) mass is 256 g/mol. The predicted molar refractivity (Wildman–Crippen MR) is 91.9 cm³/mol. The van der Waals surface area contributed by atoms with E-state index >= 15 is 0 Å². The zero-order chi connectivity index (χ0) is 14.3. The van der Waals surface area contributed by atoms with E-state index in [4.69, 9.17) is 0 Å². The van der Waals surface area contributed by atoms with Crippen LogP contribution in [0.15, 0.2) is 49.6 Å². The minimum Gasteiger partial charge on any atom is -0.0984 e. The lowest BCUT2D eigenvalue weighted by molar-refractivity contribution is 1.65. The van der Waals surface area contributed by atoms with Gasteiger partial charge in [-0.3, -0.25) is 0 Å². The van der Waals surface area contributed by atoms with Crippen molar-refractivity contribution < 1.29 is 0 Å². The van der Waals surface area contributed by atoms with E-state index in [1.54, 1.807) is 0 Å². The number of benzene rings is 3. The van der Waals surface area contributed by atoms with Gasteiger partial charge in [-0.1, -0.05) is 74.9 Å². The Kier molecular flexibility index (Phi) is 2.80. The highest BCUT2D eigenvalue weighted by Gasteiger charge is 2.11. The van der Waals surface area contributed by atoms with Gasteiger partial charge in [-0.25, -0.2) is 0 Å². The molecule has 0 aliphatic rings. The zero-order valence-corrected chi connectivity index (χ0v) is 11.4. The van der Waals surface area contributed by atoms with Crippen LogP contribution in [-0.2, 0) is 0 Å². The molecule has 0 fully saturated rings. The molecule has 0 amide bonds. The first-order valence-electron chi connectivity index (χ1n) is 6.59. The van der Waals surface area contributed by atoms with E-state index in [1.165, 1.54) is 0 Å². The first-order chi connectivity index (χ1) is 9.69. The first-order valence-corrected chi connectivity index (χ1v) is 6.59. The molecule has 0 saturated heterocycles. The van der Waals surface area contributed by atoms with Gasteiger partial charge in [-0.2, -0.15) is 0 Å². The van der Waals surface area contributed by atoms with Crippen LogP contribution in [0.5, 0.6) is 0 Å². The summed E-state index contributed by atoms with van der Waals surface area (Å²) in [4.78, 5) is 0. The van der Waals surface area contributed by atoms with Crippen LogP contribution in [0.25, 0.3) is 46.9 Å². The van der Waals surface area contributed by atoms with Crippen LogP contribution < -0.4 is 10.4 Å². The summed E-state index contributed by atoms with van der Waals surface area (Å²) in [5, 5.41) is 6.64. The van der Waals surface area contributed by atoms with Crippen LogP contribution in [0.4, 0.5) is 0 Å². The number of rotatable bonds is 2. The van der Waals surface area contributed by atoms with Crippen molar-refractivity contribution in [2.24, 2.45) is 0 Å². The molecule has 0 aromatic heterocycles. The standard InChI is InChI=1S/C20H16/c1-5-15-17-11-7-10-14(4)20(17)16(6-2)18-12-8-9-13(3)19(15)18/h5-12H,1-4H2. The Labute approximate surface area is 118 Å². The summed E-state index contributed by atoms with van der Waals surface area (Å²) >= 11 is 0. The minimum absolute atomic E-state index is 1.01. The summed E-state index contributed by atoms with van der Waals surface area (Å²) in [7, 11) is 0. The molecule has 3 aromatic carbocycles. The normalized spacial score (nSPS) is 10.8. The third-order valence-electron chi connectivity index (χ3n) is 3.83. The van der Waals surface area contributed by atoms with Gasteiger partial charge in [0, 0.05) is 0 Å². The average Bonchev–Trinajstić information content (AvgIpc) is 2.46. The molecule has 0 saturated carbocycles. The summed E-state index contributed by atoms with van der Waals surface area (Å²) in [5.41, 5.74) is 2.24. The van der Waals surface area contributed by atoms with Crippen molar-refractivity contribution in [3.05, 3.63) is 71.1 Å². The lowest BCUT2D eigenvalue weighted by atomic mass is 9.90. The number of fused-ring (bicyclic) bond motifs is 2. The third-order valence-corrected chi connectivity index (χ3v) is 3.83. The van der Waals surface area contributed by atoms with Gasteiger partial charge in [0.15, 0.2) is 0 Å². The van der Waals surface area contributed by atoms with E-state index in [-0.39, 0.29) is 0 Å². The van der Waals surface area contributed by atoms with Crippen LogP contribution >= 0.6 is 0 Å². The predicted octanol–water partition coefficient (Wildman–Crippen LogP) is 4.10. The van der Waals surface area contributed by atoms with E-state index in [1.807, 2.05) is 36.4 Å². The summed E-state index contributed by atoms with van der Waals surface area (Å²) in [6.45, 7) is 16.3. The van der Waals surface area contributed by atoms with Crippen LogP contribution in [-0.4, -0.2) is 0 Å². The summed E-state index contributed by atoms with van der Waals surface area (Å²) in [6, 6.07) is 12.3. The average molecular weight is 256 g/mol. The number of hydrogen-bond donors (Lipinski definition) is 0. The highest BCUT2D eigenvalue weighted by Crippen LogP contribution is 2.30. The smallest absolute Gasteiger partial charge is 0.00325 e. The van der Waals surface area contributed by atoms with Gasteiger partial charge in [-0.05, 0) is 43.1 Å². The quantitative estimate of drug-likeness (QED) is 0.606. The van der Waals surface area contributed by atoms with Gasteiger partial charge in [0.2, 0.25) is 0 Å². The van der Waals surface area contributed by atoms with Crippen LogP contribution in [0.1, 0.15) is 11.1 Å². The first kappa shape index (κ1) is 12.4. The molecule has 0 radical (unpaired) electrons. The molecule has 0 atom stereocenters. The lowest BCUT2D eigenvalue weighted by Crippen LogP contribution is -2.07. The van der Waals surface area contributed by atoms with Crippen LogP contribution in [0.3, 0.4) is 0 Å². The Morgan fingerprint density at radius 2 is 1.05 bits per heavy atom. The summed E-state index contributed by atoms with van der Waals surface area (Å²) < 4.78 is 0. The van der Waals surface area contributed by atoms with Crippen molar-refractivity contribution in [2.45, 2.75) is 0 Å². The fourth-order valence-electron chi connectivity index (χ4n) is 2.98. The lowest BCUT2D eigenvalue weighted by Gasteiger charge is -2.13. The third kappa shape index (κ3) is 1.55. The molecular weight excluding hydrogens is 240 g/mol. The second kappa shape index (κ2) is 4.50. The summed E-state index contributed by atoms with van der Waals surface area (Å²) in [6.07, 6.45) is 3.82. The van der Waals surface area contributed by atoms with Crippen molar-refractivity contribution in [2.75, 3.05) is 0 Å². The topological polar surface area (TPSA) is 0 Å². The Balaban J connectivity index is 2.84. The molecule has 0 aliphatic carbocycles. The molecule has 20 heavy (non-hydrogen) atoms. The molecule has 0 heterocycles. The Hall–Kier alpha value is -2.60. The van der Waals surface area contributed by atoms with Crippen LogP contribution in [0, 0.1) is 0 Å². The van der Waals surface area contributed by atoms with Crippen molar-refractivity contribution in [1.82, 2.24) is 0 Å². The van der Waals surface area contributed by atoms with Crippen molar-refractivity contribution >= 4 is 46.9 Å². The molecular formula is C20H16. The summed E-state index contributed by atoms with van der Waals surface area (Å²) in [5.74, 6) is 0. The maximum atomic E-state index is 4.16. The van der Waals surface area contributed by atoms with Gasteiger partial charge < -0.3 is 0 Å². The van der Waals surface area contributed by atoms with Gasteiger partial charge >= 0.3 is 0 Å². The fraction of sp³-hybridized carbons (Fsp3) is 0. The van der Waals surface area contributed by atoms with E-state index < -0.39 is 0 Å². The largest absolute Gasteiger partial charge is 0.0984 e. The number of hydrogen-bond acceptors (Lipinski definition) is 0. The molecule has 3 aromatic rings. The maximum absolute atomic E-state index is 4.16. The van der Waals surface area contributed by atoms with Gasteiger partial charge in [0.25, 0.3) is 0 Å². The Morgan fingerprint density at radius 1 is 0.650 bits per heavy atom. The molecule has 0 aliphatic heterocycles. The fourth-order valence-corrected chi connectivity index (χ4v) is 2.98. The molecule has 96 valence electrons. The second-order valence-corrected chi connectivity index (χ2v) is 4.91. The molecule has 0 spiro atoms. The molecule has 3 rings (SSSR count). The van der Waals surface area contributed by atoms with Crippen molar-refractivity contribution in [1.29, 1.82) is 0 Å². The molecule has 0 N–H and O–H groups in total. The zero-order valence-electron chi connectivity index (χ0n) is 11.4. The second-order valence-electron chi connectivity index (χ2n) is 4.91. The van der Waals surface area contributed by atoms with E-state index in [0.717, 1.165) is 43.1 Å². The molecule has 0 nitrogen and oxygen atoms in total. The Bertz CT molecular complexity index is 877. The highest BCUT2D eigenvalue weighted by molar-refractivity contribution is 6.12. The van der Waals surface area contributed by atoms with Crippen molar-refractivity contribution in [3.63, 3.8) is 0 Å². The van der Waals surface area contributed by atoms with Crippen molar-refractivity contribution in [3.8, 4) is 0 Å². The maximum Gasteiger partial charge on any atom is -0.00325 e. The van der Waals surface area contributed by atoms with E-state index in [0.29, 0.717) is 0 Å². The van der Waals surface area contributed by atoms with Gasteiger partial charge in [0.05, 0.1) is 0 Å².